The van der Waals surface area contributed by atoms with Crippen LogP contribution in [0, 0.1) is 0 Å². The van der Waals surface area contributed by atoms with Crippen molar-refractivity contribution in [1.29, 1.82) is 0 Å². The van der Waals surface area contributed by atoms with Gasteiger partial charge in [-0.05, 0) is 22.0 Å². The highest BCUT2D eigenvalue weighted by atomic mass is 79.9. The highest BCUT2D eigenvalue weighted by Gasteiger charge is 2.30. The molecular formula is C10H10BrN5. The Bertz CT molecular complexity index is 460. The number of hydrogen-bond donors (Lipinski definition) is 0. The number of nitrogens with zero attached hydrogens (tertiary/aromatic N) is 5. The lowest BCUT2D eigenvalue weighted by Crippen LogP contribution is -2.48. The van der Waals surface area contributed by atoms with Gasteiger partial charge in [-0.2, -0.15) is 5.10 Å². The van der Waals surface area contributed by atoms with Crippen LogP contribution in [0.2, 0.25) is 0 Å². The van der Waals surface area contributed by atoms with Gasteiger partial charge in [0.05, 0.1) is 10.5 Å². The van der Waals surface area contributed by atoms with Crippen molar-refractivity contribution in [2.45, 2.75) is 6.04 Å². The third-order valence-corrected chi connectivity index (χ3v) is 3.06. The number of aromatic nitrogens is 4. The Hall–Kier alpha value is -1.43. The van der Waals surface area contributed by atoms with Crippen molar-refractivity contribution in [3.8, 4) is 0 Å². The van der Waals surface area contributed by atoms with Crippen molar-refractivity contribution in [2.24, 2.45) is 0 Å². The summed E-state index contributed by atoms with van der Waals surface area (Å²) in [6, 6.07) is 2.39. The minimum atomic E-state index is 0.447. The van der Waals surface area contributed by atoms with Gasteiger partial charge in [-0.25, -0.2) is 9.97 Å². The number of hydrogen-bond acceptors (Lipinski definition) is 4. The maximum Gasteiger partial charge on any atom is 0.225 e. The summed E-state index contributed by atoms with van der Waals surface area (Å²) in [6.45, 7) is 1.84. The lowest BCUT2D eigenvalue weighted by molar-refractivity contribution is 0.363. The third kappa shape index (κ3) is 1.69. The molecule has 0 saturated carbocycles. The van der Waals surface area contributed by atoms with Crippen molar-refractivity contribution in [3.05, 3.63) is 35.3 Å². The van der Waals surface area contributed by atoms with E-state index in [-0.39, 0.29) is 0 Å². The lowest BCUT2D eigenvalue weighted by Gasteiger charge is -2.39. The number of anilines is 1. The van der Waals surface area contributed by atoms with Gasteiger partial charge in [-0.15, -0.1) is 0 Å². The van der Waals surface area contributed by atoms with Crippen LogP contribution in [-0.2, 0) is 0 Å². The Balaban J connectivity index is 1.67. The van der Waals surface area contributed by atoms with Gasteiger partial charge in [0.25, 0.3) is 0 Å². The molecule has 5 nitrogen and oxygen atoms in total. The van der Waals surface area contributed by atoms with Crippen molar-refractivity contribution in [3.63, 3.8) is 0 Å². The van der Waals surface area contributed by atoms with Crippen LogP contribution in [0.3, 0.4) is 0 Å². The number of rotatable bonds is 2. The predicted molar refractivity (Wildman–Crippen MR) is 63.2 cm³/mol. The zero-order valence-corrected chi connectivity index (χ0v) is 10.1. The van der Waals surface area contributed by atoms with Gasteiger partial charge in [0.2, 0.25) is 5.95 Å². The first-order chi connectivity index (χ1) is 7.83. The largest absolute Gasteiger partial charge is 0.336 e. The van der Waals surface area contributed by atoms with Gasteiger partial charge in [0.15, 0.2) is 0 Å². The van der Waals surface area contributed by atoms with Gasteiger partial charge in [0.1, 0.15) is 0 Å². The van der Waals surface area contributed by atoms with E-state index in [0.29, 0.717) is 6.04 Å². The molecule has 1 fully saturated rings. The van der Waals surface area contributed by atoms with Crippen LogP contribution in [0.5, 0.6) is 0 Å². The second kappa shape index (κ2) is 3.86. The van der Waals surface area contributed by atoms with E-state index in [0.717, 1.165) is 23.5 Å². The third-order valence-electron chi connectivity index (χ3n) is 2.65. The van der Waals surface area contributed by atoms with E-state index in [4.69, 9.17) is 0 Å². The Morgan fingerprint density at radius 1 is 1.25 bits per heavy atom. The predicted octanol–water partition coefficient (Wildman–Crippen LogP) is 1.50. The van der Waals surface area contributed by atoms with Crippen LogP contribution in [0.1, 0.15) is 6.04 Å². The first-order valence-electron chi connectivity index (χ1n) is 5.04. The van der Waals surface area contributed by atoms with E-state index in [1.54, 1.807) is 18.6 Å². The van der Waals surface area contributed by atoms with Crippen LogP contribution in [0.4, 0.5) is 5.95 Å². The van der Waals surface area contributed by atoms with E-state index in [2.05, 4.69) is 35.9 Å². The van der Waals surface area contributed by atoms with Gasteiger partial charge in [-0.3, -0.25) is 4.68 Å². The highest BCUT2D eigenvalue weighted by Crippen LogP contribution is 2.24. The molecule has 0 atom stereocenters. The highest BCUT2D eigenvalue weighted by molar-refractivity contribution is 9.10. The topological polar surface area (TPSA) is 46.8 Å². The van der Waals surface area contributed by atoms with Crippen LogP contribution in [-0.4, -0.2) is 32.8 Å². The summed E-state index contributed by atoms with van der Waals surface area (Å²) in [5.41, 5.74) is 0. The minimum absolute atomic E-state index is 0.447. The van der Waals surface area contributed by atoms with Crippen LogP contribution < -0.4 is 4.90 Å². The zero-order valence-electron chi connectivity index (χ0n) is 8.49. The molecular weight excluding hydrogens is 270 g/mol. The van der Waals surface area contributed by atoms with Crippen molar-refractivity contribution < 1.29 is 0 Å². The van der Waals surface area contributed by atoms with Gasteiger partial charge in [0, 0.05) is 37.9 Å². The molecule has 1 aliphatic rings. The smallest absolute Gasteiger partial charge is 0.225 e. The SMILES string of the molecule is Brc1cnc(N2CC(n3cccn3)C2)nc1. The van der Waals surface area contributed by atoms with E-state index in [1.165, 1.54) is 0 Å². The molecule has 0 radical (unpaired) electrons. The molecule has 0 N–H and O–H groups in total. The molecule has 6 heteroatoms. The average Bonchev–Trinajstić information content (AvgIpc) is 2.72. The normalized spacial score (nSPS) is 16.2. The summed E-state index contributed by atoms with van der Waals surface area (Å²) in [5, 5.41) is 4.22. The summed E-state index contributed by atoms with van der Waals surface area (Å²) >= 11 is 3.32. The van der Waals surface area contributed by atoms with Gasteiger partial charge in [-0.1, -0.05) is 0 Å². The molecule has 2 aromatic heterocycles. The number of halogens is 1. The van der Waals surface area contributed by atoms with Gasteiger partial charge < -0.3 is 4.90 Å². The molecule has 82 valence electrons. The molecule has 2 aromatic rings. The van der Waals surface area contributed by atoms with E-state index < -0.39 is 0 Å². The van der Waals surface area contributed by atoms with E-state index in [9.17, 15) is 0 Å². The summed E-state index contributed by atoms with van der Waals surface area (Å²) in [7, 11) is 0. The summed E-state index contributed by atoms with van der Waals surface area (Å²) in [4.78, 5) is 10.6. The Morgan fingerprint density at radius 3 is 2.62 bits per heavy atom. The zero-order chi connectivity index (χ0) is 11.0. The molecule has 0 aliphatic carbocycles. The molecule has 0 amide bonds. The fraction of sp³-hybridized carbons (Fsp3) is 0.300. The first-order valence-corrected chi connectivity index (χ1v) is 5.84. The molecule has 0 aromatic carbocycles. The maximum atomic E-state index is 4.25. The molecule has 0 bridgehead atoms. The van der Waals surface area contributed by atoms with Crippen LogP contribution in [0.25, 0.3) is 0 Å². The molecule has 0 unspecified atom stereocenters. The molecule has 3 rings (SSSR count). The average molecular weight is 280 g/mol. The van der Waals surface area contributed by atoms with Crippen molar-refractivity contribution in [1.82, 2.24) is 19.7 Å². The molecule has 0 spiro atoms. The Labute approximate surface area is 101 Å². The second-order valence-electron chi connectivity index (χ2n) is 3.75. The first kappa shape index (κ1) is 9.77. The standard InChI is InChI=1S/C10H10BrN5/c11-8-4-12-10(13-5-8)15-6-9(7-15)16-3-1-2-14-16/h1-5,9H,6-7H2. The molecule has 16 heavy (non-hydrogen) atoms. The van der Waals surface area contributed by atoms with Crippen molar-refractivity contribution >= 4 is 21.9 Å². The van der Waals surface area contributed by atoms with Gasteiger partial charge >= 0.3 is 0 Å². The minimum Gasteiger partial charge on any atom is -0.336 e. The van der Waals surface area contributed by atoms with Crippen LogP contribution in [0.15, 0.2) is 35.3 Å². The van der Waals surface area contributed by atoms with E-state index in [1.807, 2.05) is 16.9 Å². The molecule has 1 aliphatic heterocycles. The fourth-order valence-electron chi connectivity index (χ4n) is 1.75. The quantitative estimate of drug-likeness (QED) is 0.836. The summed E-state index contributed by atoms with van der Waals surface area (Å²) < 4.78 is 2.88. The van der Waals surface area contributed by atoms with Crippen molar-refractivity contribution in [2.75, 3.05) is 18.0 Å². The van der Waals surface area contributed by atoms with Crippen LogP contribution >= 0.6 is 15.9 Å². The maximum absolute atomic E-state index is 4.25. The summed E-state index contributed by atoms with van der Waals surface area (Å²) in [5.74, 6) is 0.784. The monoisotopic (exact) mass is 279 g/mol. The Morgan fingerprint density at radius 2 is 2.00 bits per heavy atom. The second-order valence-corrected chi connectivity index (χ2v) is 4.66. The molecule has 1 saturated heterocycles. The molecule has 3 heterocycles. The fourth-order valence-corrected chi connectivity index (χ4v) is 1.96. The Kier molecular flexibility index (Phi) is 2.36. The lowest BCUT2D eigenvalue weighted by atomic mass is 10.1. The summed E-state index contributed by atoms with van der Waals surface area (Å²) in [6.07, 6.45) is 7.33. The van der Waals surface area contributed by atoms with E-state index >= 15 is 0 Å².